The molecule has 15 heavy (non-hydrogen) atoms. The highest BCUT2D eigenvalue weighted by molar-refractivity contribution is 5.75. The molecule has 0 unspecified atom stereocenters. The van der Waals surface area contributed by atoms with Gasteiger partial charge in [0.05, 0.1) is 24.4 Å². The van der Waals surface area contributed by atoms with E-state index < -0.39 is 0 Å². The molecule has 0 N–H and O–H groups in total. The molecule has 1 aliphatic rings. The molecule has 0 bridgehead atoms. The van der Waals surface area contributed by atoms with Crippen molar-refractivity contribution in [3.63, 3.8) is 0 Å². The summed E-state index contributed by atoms with van der Waals surface area (Å²) < 4.78 is 7.13. The van der Waals surface area contributed by atoms with Crippen molar-refractivity contribution in [1.82, 2.24) is 9.78 Å². The van der Waals surface area contributed by atoms with Gasteiger partial charge in [-0.05, 0) is 27.2 Å². The second kappa shape index (κ2) is 3.45. The minimum atomic E-state index is -0.159. The molecule has 1 aliphatic heterocycles. The second-order valence-electron chi connectivity index (χ2n) is 4.81. The van der Waals surface area contributed by atoms with Crippen molar-refractivity contribution < 1.29 is 9.53 Å². The Morgan fingerprint density at radius 1 is 1.47 bits per heavy atom. The number of nitrogens with zero attached hydrogens (tertiary/aromatic N) is 2. The van der Waals surface area contributed by atoms with Gasteiger partial charge in [-0.2, -0.15) is 5.10 Å². The Morgan fingerprint density at radius 3 is 2.80 bits per heavy atom. The number of carbonyl (C=O) groups excluding carboxylic acids is 1. The van der Waals surface area contributed by atoms with Crippen LogP contribution >= 0.6 is 0 Å². The monoisotopic (exact) mass is 208 g/mol. The highest BCUT2D eigenvalue weighted by Gasteiger charge is 2.25. The number of ether oxygens (including phenoxy) is 1. The van der Waals surface area contributed by atoms with E-state index in [2.05, 4.69) is 5.10 Å². The zero-order valence-corrected chi connectivity index (χ0v) is 9.41. The number of aldehydes is 1. The molecule has 1 aromatic heterocycles. The summed E-state index contributed by atoms with van der Waals surface area (Å²) in [6, 6.07) is 0. The Labute approximate surface area is 89.2 Å². The Bertz CT molecular complexity index is 388. The van der Waals surface area contributed by atoms with Gasteiger partial charge in [-0.3, -0.25) is 9.48 Å². The van der Waals surface area contributed by atoms with Crippen molar-refractivity contribution in [1.29, 1.82) is 0 Å². The summed E-state index contributed by atoms with van der Waals surface area (Å²) in [7, 11) is 0. The van der Waals surface area contributed by atoms with E-state index in [1.807, 2.05) is 20.8 Å². The summed E-state index contributed by atoms with van der Waals surface area (Å²) in [5, 5.41) is 4.45. The van der Waals surface area contributed by atoms with Gasteiger partial charge in [-0.25, -0.2) is 0 Å². The zero-order valence-electron chi connectivity index (χ0n) is 9.41. The van der Waals surface area contributed by atoms with Crippen LogP contribution in [-0.2, 0) is 23.3 Å². The maximum absolute atomic E-state index is 11.1. The SMILES string of the molecule is CC(C)(C)n1nc2c(c1C=O)CCOC2. The number of fused-ring (bicyclic) bond motifs is 1. The molecule has 0 atom stereocenters. The zero-order chi connectivity index (χ0) is 11.1. The molecule has 82 valence electrons. The van der Waals surface area contributed by atoms with Crippen LogP contribution in [0.4, 0.5) is 0 Å². The third-order valence-corrected chi connectivity index (χ3v) is 2.59. The van der Waals surface area contributed by atoms with Crippen LogP contribution in [0.2, 0.25) is 0 Å². The van der Waals surface area contributed by atoms with Crippen LogP contribution in [0.3, 0.4) is 0 Å². The van der Waals surface area contributed by atoms with Crippen LogP contribution in [0.25, 0.3) is 0 Å². The number of rotatable bonds is 1. The molecular weight excluding hydrogens is 192 g/mol. The number of hydrogen-bond donors (Lipinski definition) is 0. The van der Waals surface area contributed by atoms with Crippen LogP contribution in [0.5, 0.6) is 0 Å². The van der Waals surface area contributed by atoms with Gasteiger partial charge >= 0.3 is 0 Å². The molecule has 0 radical (unpaired) electrons. The van der Waals surface area contributed by atoms with Gasteiger partial charge in [0.1, 0.15) is 5.69 Å². The van der Waals surface area contributed by atoms with Crippen LogP contribution in [0.1, 0.15) is 42.5 Å². The third-order valence-electron chi connectivity index (χ3n) is 2.59. The molecule has 4 heteroatoms. The lowest BCUT2D eigenvalue weighted by atomic mass is 10.1. The molecular formula is C11H16N2O2. The lowest BCUT2D eigenvalue weighted by Gasteiger charge is -2.20. The average Bonchev–Trinajstić information content (AvgIpc) is 2.55. The van der Waals surface area contributed by atoms with Gasteiger partial charge in [0, 0.05) is 5.56 Å². The summed E-state index contributed by atoms with van der Waals surface area (Å²) in [4.78, 5) is 11.1. The first-order valence-electron chi connectivity index (χ1n) is 5.18. The van der Waals surface area contributed by atoms with E-state index in [4.69, 9.17) is 4.74 Å². The highest BCUT2D eigenvalue weighted by Crippen LogP contribution is 2.24. The highest BCUT2D eigenvalue weighted by atomic mass is 16.5. The van der Waals surface area contributed by atoms with E-state index in [1.54, 1.807) is 4.68 Å². The maximum atomic E-state index is 11.1. The van der Waals surface area contributed by atoms with Crippen LogP contribution in [-0.4, -0.2) is 22.7 Å². The first kappa shape index (κ1) is 10.4. The molecule has 0 spiro atoms. The van der Waals surface area contributed by atoms with E-state index >= 15 is 0 Å². The van der Waals surface area contributed by atoms with Crippen molar-refractivity contribution in [2.24, 2.45) is 0 Å². The lowest BCUT2D eigenvalue weighted by molar-refractivity contribution is 0.106. The van der Waals surface area contributed by atoms with E-state index in [9.17, 15) is 4.79 Å². The summed E-state index contributed by atoms with van der Waals surface area (Å²) >= 11 is 0. The Balaban J connectivity index is 2.56. The van der Waals surface area contributed by atoms with Gasteiger partial charge in [-0.1, -0.05) is 0 Å². The molecule has 1 aromatic rings. The molecule has 0 saturated heterocycles. The van der Waals surface area contributed by atoms with Crippen LogP contribution in [0, 0.1) is 0 Å². The molecule has 0 aromatic carbocycles. The first-order valence-corrected chi connectivity index (χ1v) is 5.18. The first-order chi connectivity index (χ1) is 7.04. The van der Waals surface area contributed by atoms with E-state index in [-0.39, 0.29) is 5.54 Å². The molecule has 0 amide bonds. The number of hydrogen-bond acceptors (Lipinski definition) is 3. The average molecular weight is 208 g/mol. The van der Waals surface area contributed by atoms with Gasteiger partial charge in [0.25, 0.3) is 0 Å². The summed E-state index contributed by atoms with van der Waals surface area (Å²) in [6.07, 6.45) is 1.70. The fourth-order valence-electron chi connectivity index (χ4n) is 1.87. The molecule has 4 nitrogen and oxygen atoms in total. The van der Waals surface area contributed by atoms with Crippen molar-refractivity contribution in [2.45, 2.75) is 39.3 Å². The van der Waals surface area contributed by atoms with Crippen molar-refractivity contribution in [3.8, 4) is 0 Å². The summed E-state index contributed by atoms with van der Waals surface area (Å²) in [6.45, 7) is 7.33. The van der Waals surface area contributed by atoms with Crippen LogP contribution in [0.15, 0.2) is 0 Å². The summed E-state index contributed by atoms with van der Waals surface area (Å²) in [5.74, 6) is 0. The lowest BCUT2D eigenvalue weighted by Crippen LogP contribution is -2.25. The van der Waals surface area contributed by atoms with Gasteiger partial charge in [-0.15, -0.1) is 0 Å². The van der Waals surface area contributed by atoms with Gasteiger partial charge < -0.3 is 4.74 Å². The fourth-order valence-corrected chi connectivity index (χ4v) is 1.87. The van der Waals surface area contributed by atoms with E-state index in [1.165, 1.54) is 0 Å². The quantitative estimate of drug-likeness (QED) is 0.657. The molecule has 0 aliphatic carbocycles. The normalized spacial score (nSPS) is 16.2. The Kier molecular flexibility index (Phi) is 2.38. The molecule has 0 saturated carbocycles. The van der Waals surface area contributed by atoms with Crippen LogP contribution < -0.4 is 0 Å². The number of aromatic nitrogens is 2. The Hall–Kier alpha value is -1.16. The molecule has 0 fully saturated rings. The minimum absolute atomic E-state index is 0.159. The van der Waals surface area contributed by atoms with Crippen molar-refractivity contribution in [3.05, 3.63) is 17.0 Å². The van der Waals surface area contributed by atoms with E-state index in [0.717, 1.165) is 24.0 Å². The van der Waals surface area contributed by atoms with Crippen molar-refractivity contribution >= 4 is 6.29 Å². The number of carbonyl (C=O) groups is 1. The smallest absolute Gasteiger partial charge is 0.168 e. The van der Waals surface area contributed by atoms with E-state index in [0.29, 0.717) is 18.9 Å². The topological polar surface area (TPSA) is 44.1 Å². The third kappa shape index (κ3) is 1.69. The maximum Gasteiger partial charge on any atom is 0.168 e. The fraction of sp³-hybridized carbons (Fsp3) is 0.636. The van der Waals surface area contributed by atoms with Gasteiger partial charge in [0.15, 0.2) is 6.29 Å². The standard InChI is InChI=1S/C11H16N2O2/c1-11(2,3)13-10(6-14)8-4-5-15-7-9(8)12-13/h6H,4-5,7H2,1-3H3. The second-order valence-corrected chi connectivity index (χ2v) is 4.81. The molecule has 2 rings (SSSR count). The Morgan fingerprint density at radius 2 is 2.20 bits per heavy atom. The van der Waals surface area contributed by atoms with Gasteiger partial charge in [0.2, 0.25) is 0 Å². The predicted molar refractivity (Wildman–Crippen MR) is 56.0 cm³/mol. The van der Waals surface area contributed by atoms with Crippen molar-refractivity contribution in [2.75, 3.05) is 6.61 Å². The summed E-state index contributed by atoms with van der Waals surface area (Å²) in [5.41, 5.74) is 2.53. The minimum Gasteiger partial charge on any atom is -0.375 e. The largest absolute Gasteiger partial charge is 0.375 e. The molecule has 2 heterocycles. The predicted octanol–water partition coefficient (Wildman–Crippen LogP) is 1.52.